The molecule has 1 aromatic heterocycles. The second-order valence-corrected chi connectivity index (χ2v) is 6.19. The predicted molar refractivity (Wildman–Crippen MR) is 93.6 cm³/mol. The first-order valence-electron chi connectivity index (χ1n) is 7.68. The lowest BCUT2D eigenvalue weighted by Gasteiger charge is -2.29. The molecule has 1 aromatic carbocycles. The van der Waals surface area contributed by atoms with E-state index in [2.05, 4.69) is 5.32 Å². The lowest BCUT2D eigenvalue weighted by atomic mass is 9.96. The highest BCUT2D eigenvalue weighted by atomic mass is 35.5. The third-order valence-corrected chi connectivity index (χ3v) is 4.29. The number of ether oxygens (including phenoxy) is 1. The Morgan fingerprint density at radius 2 is 2.08 bits per heavy atom. The molecule has 1 aliphatic carbocycles. The van der Waals surface area contributed by atoms with Gasteiger partial charge in [0.05, 0.1) is 5.54 Å². The Bertz CT molecular complexity index is 787. The van der Waals surface area contributed by atoms with E-state index in [1.165, 1.54) is 6.07 Å². The largest absolute Gasteiger partial charge is 0.484 e. The molecule has 0 spiro atoms. The minimum atomic E-state index is -0.421. The van der Waals surface area contributed by atoms with Gasteiger partial charge in [-0.05, 0) is 43.9 Å². The van der Waals surface area contributed by atoms with Crippen molar-refractivity contribution >= 4 is 29.3 Å². The molecule has 1 fully saturated rings. The fourth-order valence-electron chi connectivity index (χ4n) is 2.67. The van der Waals surface area contributed by atoms with Crippen LogP contribution in [-0.4, -0.2) is 24.6 Å². The fourth-order valence-corrected chi connectivity index (χ4v) is 2.67. The number of nitrogens with one attached hydrogen (secondary N) is 1. The Morgan fingerprint density at radius 1 is 1.38 bits per heavy atom. The number of amides is 1. The van der Waals surface area contributed by atoms with Gasteiger partial charge in [-0.1, -0.05) is 0 Å². The van der Waals surface area contributed by atoms with Crippen LogP contribution in [0.4, 0.5) is 0 Å². The van der Waals surface area contributed by atoms with Crippen LogP contribution >= 0.6 is 12.4 Å². The molecular formula is C17H21ClN2O4. The molecule has 0 saturated heterocycles. The predicted octanol–water partition coefficient (Wildman–Crippen LogP) is 1.84. The van der Waals surface area contributed by atoms with Crippen LogP contribution in [0.1, 0.15) is 19.8 Å². The normalized spacial score (nSPS) is 16.1. The number of halogens is 1. The van der Waals surface area contributed by atoms with Gasteiger partial charge in [0.15, 0.2) is 6.61 Å². The third kappa shape index (κ3) is 4.07. The lowest BCUT2D eigenvalue weighted by molar-refractivity contribution is -0.125. The third-order valence-electron chi connectivity index (χ3n) is 4.29. The first kappa shape index (κ1) is 18.3. The highest BCUT2D eigenvalue weighted by Gasteiger charge is 2.41. The molecule has 1 saturated carbocycles. The molecule has 6 nitrogen and oxygen atoms in total. The molecule has 1 atom stereocenters. The highest BCUT2D eigenvalue weighted by Crippen LogP contribution is 2.38. The average molecular weight is 353 g/mol. The second kappa shape index (κ2) is 7.23. The number of rotatable bonds is 6. The summed E-state index contributed by atoms with van der Waals surface area (Å²) < 4.78 is 10.6. The molecule has 1 heterocycles. The van der Waals surface area contributed by atoms with Crippen LogP contribution in [0.25, 0.3) is 11.0 Å². The Morgan fingerprint density at radius 3 is 2.75 bits per heavy atom. The SMILES string of the molecule is CC(CN)(NC(=O)COc1ccc2ccc(=O)oc2c1)C1CC1.Cl. The fraction of sp³-hybridized carbons (Fsp3) is 0.412. The van der Waals surface area contributed by atoms with Gasteiger partial charge in [-0.25, -0.2) is 4.79 Å². The summed E-state index contributed by atoms with van der Waals surface area (Å²) in [6, 6.07) is 8.16. The number of hydrogen-bond acceptors (Lipinski definition) is 5. The van der Waals surface area contributed by atoms with E-state index < -0.39 is 5.63 Å². The minimum Gasteiger partial charge on any atom is -0.484 e. The van der Waals surface area contributed by atoms with Crippen molar-refractivity contribution in [1.29, 1.82) is 0 Å². The number of carbonyl (C=O) groups is 1. The van der Waals surface area contributed by atoms with Crippen molar-refractivity contribution in [3.63, 3.8) is 0 Å². The summed E-state index contributed by atoms with van der Waals surface area (Å²) in [4.78, 5) is 23.3. The topological polar surface area (TPSA) is 94.6 Å². The van der Waals surface area contributed by atoms with E-state index in [4.69, 9.17) is 14.9 Å². The zero-order valence-electron chi connectivity index (χ0n) is 13.4. The standard InChI is InChI=1S/C17H20N2O4.ClH/c1-17(10-18,12-4-5-12)19-15(20)9-22-13-6-2-11-3-7-16(21)23-14(11)8-13;/h2-3,6-8,12H,4-5,9-10,18H2,1H3,(H,19,20);1H. The number of hydrogen-bond donors (Lipinski definition) is 2. The molecule has 24 heavy (non-hydrogen) atoms. The van der Waals surface area contributed by atoms with E-state index in [-0.39, 0.29) is 30.5 Å². The molecule has 0 radical (unpaired) electrons. The van der Waals surface area contributed by atoms with Gasteiger partial charge in [-0.2, -0.15) is 0 Å². The molecule has 3 rings (SSSR count). The van der Waals surface area contributed by atoms with Crippen LogP contribution in [0.15, 0.2) is 39.5 Å². The summed E-state index contributed by atoms with van der Waals surface area (Å²) in [5.74, 6) is 0.716. The summed E-state index contributed by atoms with van der Waals surface area (Å²) in [5.41, 5.74) is 5.43. The molecule has 0 aliphatic heterocycles. The van der Waals surface area contributed by atoms with Crippen molar-refractivity contribution in [2.24, 2.45) is 11.7 Å². The van der Waals surface area contributed by atoms with Gasteiger partial charge >= 0.3 is 5.63 Å². The van der Waals surface area contributed by atoms with Gasteiger partial charge in [0.25, 0.3) is 5.91 Å². The lowest BCUT2D eigenvalue weighted by Crippen LogP contribution is -2.54. The smallest absolute Gasteiger partial charge is 0.336 e. The summed E-state index contributed by atoms with van der Waals surface area (Å²) in [6.07, 6.45) is 2.19. The highest BCUT2D eigenvalue weighted by molar-refractivity contribution is 5.85. The van der Waals surface area contributed by atoms with E-state index >= 15 is 0 Å². The van der Waals surface area contributed by atoms with Crippen LogP contribution in [0.2, 0.25) is 0 Å². The van der Waals surface area contributed by atoms with Gasteiger partial charge in [0, 0.05) is 24.1 Å². The Labute approximate surface area is 145 Å². The summed E-state index contributed by atoms with van der Waals surface area (Å²) in [7, 11) is 0. The second-order valence-electron chi connectivity index (χ2n) is 6.19. The van der Waals surface area contributed by atoms with Gasteiger partial charge in [0.2, 0.25) is 0 Å². The Hall–Kier alpha value is -2.05. The number of nitrogens with two attached hydrogens (primary N) is 1. The first-order chi connectivity index (χ1) is 11.0. The van der Waals surface area contributed by atoms with E-state index in [9.17, 15) is 9.59 Å². The minimum absolute atomic E-state index is 0. The van der Waals surface area contributed by atoms with E-state index in [0.29, 0.717) is 23.8 Å². The summed E-state index contributed by atoms with van der Waals surface area (Å²) in [6.45, 7) is 2.27. The number of carbonyl (C=O) groups excluding carboxylic acids is 1. The van der Waals surface area contributed by atoms with Crippen LogP contribution < -0.4 is 21.4 Å². The van der Waals surface area contributed by atoms with E-state index in [1.807, 2.05) is 6.92 Å². The van der Waals surface area contributed by atoms with E-state index in [0.717, 1.165) is 18.2 Å². The van der Waals surface area contributed by atoms with Gasteiger partial charge in [0.1, 0.15) is 11.3 Å². The average Bonchev–Trinajstić information content (AvgIpc) is 3.37. The van der Waals surface area contributed by atoms with Gasteiger partial charge in [-0.15, -0.1) is 12.4 Å². The van der Waals surface area contributed by atoms with Crippen molar-refractivity contribution in [2.45, 2.75) is 25.3 Å². The van der Waals surface area contributed by atoms with Crippen molar-refractivity contribution in [2.75, 3.05) is 13.2 Å². The van der Waals surface area contributed by atoms with Crippen molar-refractivity contribution in [3.05, 3.63) is 40.8 Å². The monoisotopic (exact) mass is 352 g/mol. The summed E-state index contributed by atoms with van der Waals surface area (Å²) >= 11 is 0. The maximum atomic E-state index is 12.1. The molecule has 1 amide bonds. The molecular weight excluding hydrogens is 332 g/mol. The van der Waals surface area contributed by atoms with E-state index in [1.54, 1.807) is 24.3 Å². The van der Waals surface area contributed by atoms with Crippen molar-refractivity contribution in [1.82, 2.24) is 5.32 Å². The van der Waals surface area contributed by atoms with Crippen LogP contribution in [0, 0.1) is 5.92 Å². The van der Waals surface area contributed by atoms with Crippen molar-refractivity contribution in [3.8, 4) is 5.75 Å². The molecule has 3 N–H and O–H groups in total. The maximum absolute atomic E-state index is 12.1. The van der Waals surface area contributed by atoms with Crippen LogP contribution in [0.3, 0.4) is 0 Å². The van der Waals surface area contributed by atoms with Gasteiger partial charge < -0.3 is 20.2 Å². The number of benzene rings is 1. The molecule has 0 bridgehead atoms. The molecule has 1 unspecified atom stereocenters. The quantitative estimate of drug-likeness (QED) is 0.773. The Kier molecular flexibility index (Phi) is 5.51. The first-order valence-corrected chi connectivity index (χ1v) is 7.68. The molecule has 7 heteroatoms. The zero-order chi connectivity index (χ0) is 16.4. The van der Waals surface area contributed by atoms with Gasteiger partial charge in [-0.3, -0.25) is 4.79 Å². The molecule has 2 aromatic rings. The zero-order valence-corrected chi connectivity index (χ0v) is 14.2. The molecule has 130 valence electrons. The Balaban J connectivity index is 0.00000208. The van der Waals surface area contributed by atoms with Crippen LogP contribution in [0.5, 0.6) is 5.75 Å². The number of fused-ring (bicyclic) bond motifs is 1. The maximum Gasteiger partial charge on any atom is 0.336 e. The molecule has 1 aliphatic rings. The van der Waals surface area contributed by atoms with Crippen molar-refractivity contribution < 1.29 is 13.9 Å². The van der Waals surface area contributed by atoms with Crippen LogP contribution in [-0.2, 0) is 4.79 Å². The summed E-state index contributed by atoms with van der Waals surface area (Å²) in [5, 5.41) is 3.76.